The molecule has 0 fully saturated rings. The van der Waals surface area contributed by atoms with E-state index in [2.05, 4.69) is 10.2 Å². The van der Waals surface area contributed by atoms with Crippen LogP contribution in [-0.2, 0) is 13.1 Å². The average molecular weight is 237 g/mol. The number of phenols is 1. The predicted molar refractivity (Wildman–Crippen MR) is 70.9 cm³/mol. The number of aromatic hydroxyl groups is 1. The Balaban J connectivity index is 2.63. The van der Waals surface area contributed by atoms with Crippen LogP contribution < -0.4 is 11.1 Å². The second-order valence-corrected chi connectivity index (χ2v) is 4.81. The molecule has 0 aliphatic heterocycles. The minimum Gasteiger partial charge on any atom is -0.508 e. The highest BCUT2D eigenvalue weighted by atomic mass is 16.3. The Labute approximate surface area is 103 Å². The van der Waals surface area contributed by atoms with E-state index in [1.165, 1.54) is 5.56 Å². The van der Waals surface area contributed by atoms with E-state index in [9.17, 15) is 5.11 Å². The van der Waals surface area contributed by atoms with Gasteiger partial charge in [0.25, 0.3) is 0 Å². The van der Waals surface area contributed by atoms with Crippen LogP contribution in [0.3, 0.4) is 0 Å². The molecule has 0 aliphatic rings. The van der Waals surface area contributed by atoms with Gasteiger partial charge in [0.15, 0.2) is 0 Å². The van der Waals surface area contributed by atoms with Gasteiger partial charge in [-0.2, -0.15) is 0 Å². The molecule has 0 saturated carbocycles. The SMILES string of the molecule is CC(N)CNCc1cc(CN(C)C)ccc1O. The number of phenolic OH excluding ortho intramolecular Hbond substituents is 1. The van der Waals surface area contributed by atoms with Crippen molar-refractivity contribution in [2.24, 2.45) is 5.73 Å². The van der Waals surface area contributed by atoms with Crippen LogP contribution in [-0.4, -0.2) is 36.7 Å². The Kier molecular flexibility index (Phi) is 5.41. The summed E-state index contributed by atoms with van der Waals surface area (Å²) in [6.07, 6.45) is 0. The molecule has 1 unspecified atom stereocenters. The van der Waals surface area contributed by atoms with Crippen molar-refractivity contribution in [1.29, 1.82) is 0 Å². The van der Waals surface area contributed by atoms with Gasteiger partial charge < -0.3 is 21.1 Å². The molecule has 1 aromatic carbocycles. The van der Waals surface area contributed by atoms with Crippen molar-refractivity contribution in [3.63, 3.8) is 0 Å². The van der Waals surface area contributed by atoms with Crippen LogP contribution in [0.15, 0.2) is 18.2 Å². The minimum atomic E-state index is 0.127. The van der Waals surface area contributed by atoms with E-state index in [4.69, 9.17) is 5.73 Å². The number of nitrogens with two attached hydrogens (primary N) is 1. The maximum Gasteiger partial charge on any atom is 0.120 e. The second-order valence-electron chi connectivity index (χ2n) is 4.81. The number of rotatable bonds is 6. The first-order chi connectivity index (χ1) is 7.99. The molecule has 0 aliphatic carbocycles. The molecule has 4 nitrogen and oxygen atoms in total. The summed E-state index contributed by atoms with van der Waals surface area (Å²) in [6.45, 7) is 4.22. The zero-order chi connectivity index (χ0) is 12.8. The van der Waals surface area contributed by atoms with Gasteiger partial charge in [0.1, 0.15) is 5.75 Å². The highest BCUT2D eigenvalue weighted by Gasteiger charge is 2.04. The first-order valence-electron chi connectivity index (χ1n) is 5.91. The van der Waals surface area contributed by atoms with Crippen LogP contribution in [0.5, 0.6) is 5.75 Å². The van der Waals surface area contributed by atoms with Gasteiger partial charge in [0.05, 0.1) is 0 Å². The molecule has 1 atom stereocenters. The van der Waals surface area contributed by atoms with Crippen LogP contribution in [0.4, 0.5) is 0 Å². The number of nitrogens with zero attached hydrogens (tertiary/aromatic N) is 1. The molecule has 0 heterocycles. The molecule has 1 rings (SSSR count). The Morgan fingerprint density at radius 3 is 2.71 bits per heavy atom. The van der Waals surface area contributed by atoms with Crippen molar-refractivity contribution < 1.29 is 5.11 Å². The van der Waals surface area contributed by atoms with E-state index in [-0.39, 0.29) is 6.04 Å². The molecule has 4 N–H and O–H groups in total. The molecule has 0 aromatic heterocycles. The van der Waals surface area contributed by atoms with Crippen LogP contribution >= 0.6 is 0 Å². The third kappa shape index (κ3) is 5.17. The monoisotopic (exact) mass is 237 g/mol. The van der Waals surface area contributed by atoms with E-state index in [1.54, 1.807) is 6.07 Å². The molecule has 1 aromatic rings. The van der Waals surface area contributed by atoms with Crippen LogP contribution in [0.2, 0.25) is 0 Å². The predicted octanol–water partition coefficient (Wildman–Crippen LogP) is 0.891. The highest BCUT2D eigenvalue weighted by molar-refractivity contribution is 5.36. The summed E-state index contributed by atoms with van der Waals surface area (Å²) < 4.78 is 0. The van der Waals surface area contributed by atoms with Crippen molar-refractivity contribution in [2.75, 3.05) is 20.6 Å². The number of hydrogen-bond acceptors (Lipinski definition) is 4. The van der Waals surface area contributed by atoms with Gasteiger partial charge in [-0.1, -0.05) is 6.07 Å². The van der Waals surface area contributed by atoms with Crippen molar-refractivity contribution in [1.82, 2.24) is 10.2 Å². The summed E-state index contributed by atoms with van der Waals surface area (Å²) in [5, 5.41) is 13.0. The molecule has 0 radical (unpaired) electrons. The van der Waals surface area contributed by atoms with Crippen molar-refractivity contribution >= 4 is 0 Å². The second kappa shape index (κ2) is 6.59. The smallest absolute Gasteiger partial charge is 0.120 e. The average Bonchev–Trinajstić information content (AvgIpc) is 2.21. The van der Waals surface area contributed by atoms with E-state index in [0.29, 0.717) is 12.3 Å². The standard InChI is InChI=1S/C13H23N3O/c1-10(14)7-15-8-12-6-11(9-16(2)3)4-5-13(12)17/h4-6,10,15,17H,7-9,14H2,1-3H3. The maximum atomic E-state index is 9.75. The molecule has 0 saturated heterocycles. The topological polar surface area (TPSA) is 61.5 Å². The number of hydrogen-bond donors (Lipinski definition) is 3. The zero-order valence-corrected chi connectivity index (χ0v) is 10.9. The van der Waals surface area contributed by atoms with Crippen molar-refractivity contribution in [3.05, 3.63) is 29.3 Å². The van der Waals surface area contributed by atoms with E-state index >= 15 is 0 Å². The van der Waals surface area contributed by atoms with Gasteiger partial charge in [-0.15, -0.1) is 0 Å². The summed E-state index contributed by atoms with van der Waals surface area (Å²) in [4.78, 5) is 2.10. The number of nitrogens with one attached hydrogen (secondary N) is 1. The van der Waals surface area contributed by atoms with Gasteiger partial charge in [-0.25, -0.2) is 0 Å². The van der Waals surface area contributed by atoms with Gasteiger partial charge >= 0.3 is 0 Å². The summed E-state index contributed by atoms with van der Waals surface area (Å²) in [5.41, 5.74) is 7.78. The Morgan fingerprint density at radius 2 is 2.12 bits per heavy atom. The fourth-order valence-electron chi connectivity index (χ4n) is 1.68. The number of benzene rings is 1. The van der Waals surface area contributed by atoms with Gasteiger partial charge in [0.2, 0.25) is 0 Å². The van der Waals surface area contributed by atoms with E-state index in [1.807, 2.05) is 33.2 Å². The van der Waals surface area contributed by atoms with Gasteiger partial charge in [-0.05, 0) is 38.7 Å². The summed E-state index contributed by atoms with van der Waals surface area (Å²) in [6, 6.07) is 5.86. The van der Waals surface area contributed by atoms with E-state index in [0.717, 1.165) is 18.7 Å². The summed E-state index contributed by atoms with van der Waals surface area (Å²) >= 11 is 0. The Morgan fingerprint density at radius 1 is 1.41 bits per heavy atom. The van der Waals surface area contributed by atoms with Crippen LogP contribution in [0, 0.1) is 0 Å². The summed E-state index contributed by atoms with van der Waals surface area (Å²) in [5.74, 6) is 0.338. The first kappa shape index (κ1) is 14.0. The normalized spacial score (nSPS) is 13.0. The minimum absolute atomic E-state index is 0.127. The quantitative estimate of drug-likeness (QED) is 0.687. The van der Waals surface area contributed by atoms with Gasteiger partial charge in [-0.3, -0.25) is 0 Å². The molecule has 17 heavy (non-hydrogen) atoms. The lowest BCUT2D eigenvalue weighted by molar-refractivity contribution is 0.401. The Bertz CT molecular complexity index is 351. The first-order valence-corrected chi connectivity index (χ1v) is 5.91. The van der Waals surface area contributed by atoms with Crippen molar-refractivity contribution in [2.45, 2.75) is 26.1 Å². The highest BCUT2D eigenvalue weighted by Crippen LogP contribution is 2.18. The largest absolute Gasteiger partial charge is 0.508 e. The molecular formula is C13H23N3O. The van der Waals surface area contributed by atoms with Gasteiger partial charge in [0, 0.05) is 31.2 Å². The fourth-order valence-corrected chi connectivity index (χ4v) is 1.68. The third-order valence-corrected chi connectivity index (χ3v) is 2.42. The molecular weight excluding hydrogens is 214 g/mol. The Hall–Kier alpha value is -1.10. The molecule has 4 heteroatoms. The van der Waals surface area contributed by atoms with E-state index < -0.39 is 0 Å². The fraction of sp³-hybridized carbons (Fsp3) is 0.538. The zero-order valence-electron chi connectivity index (χ0n) is 10.9. The lowest BCUT2D eigenvalue weighted by atomic mass is 10.1. The lowest BCUT2D eigenvalue weighted by Gasteiger charge is -2.13. The molecule has 0 bridgehead atoms. The maximum absolute atomic E-state index is 9.75. The lowest BCUT2D eigenvalue weighted by Crippen LogP contribution is -2.30. The molecule has 96 valence electrons. The van der Waals surface area contributed by atoms with Crippen LogP contribution in [0.25, 0.3) is 0 Å². The van der Waals surface area contributed by atoms with Crippen LogP contribution in [0.1, 0.15) is 18.1 Å². The summed E-state index contributed by atoms with van der Waals surface area (Å²) in [7, 11) is 4.06. The third-order valence-electron chi connectivity index (χ3n) is 2.42. The molecule has 0 amide bonds. The van der Waals surface area contributed by atoms with Crippen molar-refractivity contribution in [3.8, 4) is 5.75 Å². The molecule has 0 spiro atoms.